The summed E-state index contributed by atoms with van der Waals surface area (Å²) >= 11 is 0. The van der Waals surface area contributed by atoms with E-state index in [0.717, 1.165) is 0 Å². The number of nitrogens with one attached hydrogen (secondary N) is 1. The lowest BCUT2D eigenvalue weighted by Crippen LogP contribution is -2.44. The summed E-state index contributed by atoms with van der Waals surface area (Å²) in [5.74, 6) is -2.81. The Morgan fingerprint density at radius 3 is 2.47 bits per heavy atom. The van der Waals surface area contributed by atoms with E-state index in [9.17, 15) is 22.8 Å². The van der Waals surface area contributed by atoms with Crippen LogP contribution in [0.4, 0.5) is 18.0 Å². The molecule has 0 aromatic carbocycles. The molecular weight excluding hydrogens is 271 g/mol. The summed E-state index contributed by atoms with van der Waals surface area (Å²) in [6, 6.07) is -0.237. The van der Waals surface area contributed by atoms with Crippen molar-refractivity contribution >= 4 is 17.9 Å². The Kier molecular flexibility index (Phi) is 4.57. The van der Waals surface area contributed by atoms with Gasteiger partial charge >= 0.3 is 18.2 Å². The van der Waals surface area contributed by atoms with Crippen LogP contribution in [0.1, 0.15) is 19.3 Å². The summed E-state index contributed by atoms with van der Waals surface area (Å²) in [4.78, 5) is 25.4. The van der Waals surface area contributed by atoms with Gasteiger partial charge in [0.2, 0.25) is 5.84 Å². The summed E-state index contributed by atoms with van der Waals surface area (Å²) in [7, 11) is 0. The topological polar surface area (TPSA) is 114 Å². The molecule has 1 saturated carbocycles. The lowest BCUT2D eigenvalue weighted by Gasteiger charge is -2.34. The Bertz CT molecular complexity index is 391. The molecule has 19 heavy (non-hydrogen) atoms. The molecule has 1 aliphatic carbocycles. The molecule has 0 saturated heterocycles. The average Bonchev–Trinajstić information content (AvgIpc) is 2.20. The van der Waals surface area contributed by atoms with E-state index in [-0.39, 0.29) is 18.4 Å². The van der Waals surface area contributed by atoms with Crippen molar-refractivity contribution in [1.29, 1.82) is 0 Å². The zero-order valence-corrected chi connectivity index (χ0v) is 9.61. The Morgan fingerprint density at radius 1 is 1.42 bits per heavy atom. The molecule has 1 fully saturated rings. The number of nitrogens with two attached hydrogens (primary N) is 1. The first-order valence-corrected chi connectivity index (χ1v) is 5.28. The fourth-order valence-corrected chi connectivity index (χ4v) is 1.62. The van der Waals surface area contributed by atoms with Gasteiger partial charge in [-0.3, -0.25) is 0 Å². The number of amides is 1. The van der Waals surface area contributed by atoms with Crippen LogP contribution in [-0.2, 0) is 9.63 Å². The molecule has 0 aliphatic heterocycles. The molecule has 7 nitrogen and oxygen atoms in total. The summed E-state index contributed by atoms with van der Waals surface area (Å²) in [6.07, 6.45) is -5.27. The summed E-state index contributed by atoms with van der Waals surface area (Å²) < 4.78 is 35.7. The van der Waals surface area contributed by atoms with Gasteiger partial charge in [0.15, 0.2) is 0 Å². The number of rotatable bonds is 4. The number of carbonyl (C=O) groups is 2. The third-order valence-corrected chi connectivity index (χ3v) is 2.55. The predicted molar refractivity (Wildman–Crippen MR) is 56.1 cm³/mol. The number of oxime groups is 1. The second-order valence-electron chi connectivity index (χ2n) is 4.13. The SMILES string of the molecule is N/C(=N\OC(=O)C[C@H]1C[C@@H](NC(=O)O)C1)C(F)(F)F. The number of carbonyl (C=O) groups excluding carboxylic acids is 1. The molecular formula is C9H12F3N3O4. The minimum atomic E-state index is -4.84. The Balaban J connectivity index is 2.26. The molecule has 0 radical (unpaired) electrons. The number of hydrogen-bond acceptors (Lipinski definition) is 4. The molecule has 1 aliphatic rings. The molecule has 0 heterocycles. The van der Waals surface area contributed by atoms with Crippen LogP contribution in [0.25, 0.3) is 0 Å². The lowest BCUT2D eigenvalue weighted by molar-refractivity contribution is -0.146. The van der Waals surface area contributed by atoms with E-state index in [0.29, 0.717) is 12.8 Å². The van der Waals surface area contributed by atoms with Gasteiger partial charge in [0.1, 0.15) is 0 Å². The molecule has 1 rings (SSSR count). The van der Waals surface area contributed by atoms with Gasteiger partial charge < -0.3 is 21.0 Å². The Hall–Kier alpha value is -2.00. The first kappa shape index (κ1) is 15.1. The van der Waals surface area contributed by atoms with E-state index >= 15 is 0 Å². The molecule has 0 aromatic heterocycles. The van der Waals surface area contributed by atoms with Crippen LogP contribution >= 0.6 is 0 Å². The van der Waals surface area contributed by atoms with Crippen LogP contribution in [-0.4, -0.2) is 35.2 Å². The lowest BCUT2D eigenvalue weighted by atomic mass is 9.78. The molecule has 108 valence electrons. The van der Waals surface area contributed by atoms with Gasteiger partial charge in [-0.05, 0) is 18.8 Å². The van der Waals surface area contributed by atoms with E-state index in [1.807, 2.05) is 0 Å². The molecule has 1 amide bonds. The van der Waals surface area contributed by atoms with E-state index in [1.165, 1.54) is 0 Å². The maximum Gasteiger partial charge on any atom is 0.452 e. The fraction of sp³-hybridized carbons (Fsp3) is 0.667. The van der Waals surface area contributed by atoms with Crippen molar-refractivity contribution in [3.63, 3.8) is 0 Å². The van der Waals surface area contributed by atoms with Crippen molar-refractivity contribution in [1.82, 2.24) is 5.32 Å². The second kappa shape index (κ2) is 5.76. The van der Waals surface area contributed by atoms with Crippen molar-refractivity contribution in [2.45, 2.75) is 31.5 Å². The number of amidine groups is 1. The van der Waals surface area contributed by atoms with Crippen LogP contribution < -0.4 is 11.1 Å². The normalized spacial score (nSPS) is 23.4. The van der Waals surface area contributed by atoms with Gasteiger partial charge in [-0.2, -0.15) is 13.2 Å². The zero-order chi connectivity index (χ0) is 14.6. The van der Waals surface area contributed by atoms with Crippen molar-refractivity contribution in [2.75, 3.05) is 0 Å². The second-order valence-corrected chi connectivity index (χ2v) is 4.13. The Morgan fingerprint density at radius 2 is 2.00 bits per heavy atom. The number of hydrogen-bond donors (Lipinski definition) is 3. The van der Waals surface area contributed by atoms with E-state index in [2.05, 4.69) is 21.0 Å². The molecule has 4 N–H and O–H groups in total. The van der Waals surface area contributed by atoms with Gasteiger partial charge in [-0.25, -0.2) is 9.59 Å². The van der Waals surface area contributed by atoms with Crippen molar-refractivity contribution in [3.05, 3.63) is 0 Å². The highest BCUT2D eigenvalue weighted by Crippen LogP contribution is 2.30. The van der Waals surface area contributed by atoms with Gasteiger partial charge in [0.05, 0.1) is 6.42 Å². The first-order valence-electron chi connectivity index (χ1n) is 5.28. The summed E-state index contributed by atoms with van der Waals surface area (Å²) in [6.45, 7) is 0. The van der Waals surface area contributed by atoms with Crippen molar-refractivity contribution < 1.29 is 32.7 Å². The van der Waals surface area contributed by atoms with Crippen molar-refractivity contribution in [2.24, 2.45) is 16.8 Å². The third-order valence-electron chi connectivity index (χ3n) is 2.55. The highest BCUT2D eigenvalue weighted by molar-refractivity contribution is 5.86. The van der Waals surface area contributed by atoms with Gasteiger partial charge in [0.25, 0.3) is 0 Å². The van der Waals surface area contributed by atoms with E-state index in [4.69, 9.17) is 5.11 Å². The smallest absolute Gasteiger partial charge is 0.452 e. The molecule has 0 atom stereocenters. The van der Waals surface area contributed by atoms with Crippen LogP contribution in [0.15, 0.2) is 5.16 Å². The highest BCUT2D eigenvalue weighted by atomic mass is 19.4. The minimum absolute atomic E-state index is 0.133. The molecule has 10 heteroatoms. The number of alkyl halides is 3. The summed E-state index contributed by atoms with van der Waals surface area (Å²) in [5.41, 5.74) is 4.53. The quantitative estimate of drug-likeness (QED) is 0.305. The van der Waals surface area contributed by atoms with Crippen LogP contribution in [0, 0.1) is 5.92 Å². The van der Waals surface area contributed by atoms with Gasteiger partial charge in [-0.15, -0.1) is 0 Å². The van der Waals surface area contributed by atoms with Crippen LogP contribution in [0.2, 0.25) is 0 Å². The maximum atomic E-state index is 11.9. The monoisotopic (exact) mass is 283 g/mol. The zero-order valence-electron chi connectivity index (χ0n) is 9.61. The minimum Gasteiger partial charge on any atom is -0.465 e. The number of carboxylic acid groups (broad SMARTS) is 1. The first-order chi connectivity index (χ1) is 8.68. The highest BCUT2D eigenvalue weighted by Gasteiger charge is 2.35. The summed E-state index contributed by atoms with van der Waals surface area (Å²) in [5, 5.41) is 13.1. The van der Waals surface area contributed by atoms with Crippen LogP contribution in [0.3, 0.4) is 0 Å². The Labute approximate surface area is 105 Å². The third kappa shape index (κ3) is 5.02. The molecule has 0 bridgehead atoms. The predicted octanol–water partition coefficient (Wildman–Crippen LogP) is 0.800. The van der Waals surface area contributed by atoms with Gasteiger partial charge in [-0.1, -0.05) is 5.16 Å². The molecule has 0 unspecified atom stereocenters. The average molecular weight is 283 g/mol. The van der Waals surface area contributed by atoms with Gasteiger partial charge in [0, 0.05) is 6.04 Å². The van der Waals surface area contributed by atoms with E-state index in [1.54, 1.807) is 0 Å². The number of nitrogens with zero attached hydrogens (tertiary/aromatic N) is 1. The van der Waals surface area contributed by atoms with E-state index < -0.39 is 24.1 Å². The van der Waals surface area contributed by atoms with Crippen LogP contribution in [0.5, 0.6) is 0 Å². The molecule has 0 aromatic rings. The standard InChI is InChI=1S/C9H12F3N3O4/c10-9(11,12)7(13)15-19-6(16)3-4-1-5(2-4)14-8(17)18/h4-5,14H,1-3H2,(H2,13,15)(H,17,18)/t4-,5+. The number of halogens is 3. The maximum absolute atomic E-state index is 11.9. The fourth-order valence-electron chi connectivity index (χ4n) is 1.62. The largest absolute Gasteiger partial charge is 0.465 e. The van der Waals surface area contributed by atoms with Crippen molar-refractivity contribution in [3.8, 4) is 0 Å². The molecule has 0 spiro atoms.